The van der Waals surface area contributed by atoms with Gasteiger partial charge in [-0.05, 0) is 49.8 Å². The zero-order valence-corrected chi connectivity index (χ0v) is 11.3. The quantitative estimate of drug-likeness (QED) is 0.869. The fourth-order valence-corrected chi connectivity index (χ4v) is 3.24. The predicted octanol–water partition coefficient (Wildman–Crippen LogP) is 2.55. The topological polar surface area (TPSA) is 29.9 Å². The number of aromatic nitrogens is 2. The summed E-state index contributed by atoms with van der Waals surface area (Å²) in [5.41, 5.74) is 1.44. The highest BCUT2D eigenvalue weighted by molar-refractivity contribution is 5.14. The van der Waals surface area contributed by atoms with Gasteiger partial charge in [0.05, 0.1) is 6.20 Å². The van der Waals surface area contributed by atoms with Crippen LogP contribution in [0.15, 0.2) is 12.4 Å². The first-order valence-electron chi connectivity index (χ1n) is 6.87. The van der Waals surface area contributed by atoms with E-state index in [0.717, 1.165) is 18.4 Å². The molecule has 3 heteroatoms. The molecule has 1 aromatic heterocycles. The van der Waals surface area contributed by atoms with E-state index in [1.807, 2.05) is 11.7 Å². The SMILES string of the molecule is CCC1CCC(CNC)C(c2cnn(C)c2)C1. The van der Waals surface area contributed by atoms with Crippen molar-refractivity contribution >= 4 is 0 Å². The molecule has 3 nitrogen and oxygen atoms in total. The van der Waals surface area contributed by atoms with E-state index in [-0.39, 0.29) is 0 Å². The van der Waals surface area contributed by atoms with Gasteiger partial charge in [-0.2, -0.15) is 5.10 Å². The van der Waals surface area contributed by atoms with E-state index >= 15 is 0 Å². The molecule has 1 N–H and O–H groups in total. The van der Waals surface area contributed by atoms with Crippen molar-refractivity contribution in [3.63, 3.8) is 0 Å². The van der Waals surface area contributed by atoms with Gasteiger partial charge in [0.25, 0.3) is 0 Å². The smallest absolute Gasteiger partial charge is 0.0524 e. The van der Waals surface area contributed by atoms with Gasteiger partial charge in [-0.3, -0.25) is 4.68 Å². The molecule has 0 spiro atoms. The molecule has 0 bridgehead atoms. The number of hydrogen-bond acceptors (Lipinski definition) is 2. The van der Waals surface area contributed by atoms with Crippen molar-refractivity contribution in [2.45, 2.75) is 38.5 Å². The molecule has 1 aromatic rings. The normalized spacial score (nSPS) is 29.5. The van der Waals surface area contributed by atoms with E-state index in [9.17, 15) is 0 Å². The lowest BCUT2D eigenvalue weighted by atomic mass is 9.71. The second-order valence-corrected chi connectivity index (χ2v) is 5.46. The van der Waals surface area contributed by atoms with Crippen molar-refractivity contribution < 1.29 is 0 Å². The van der Waals surface area contributed by atoms with Crippen molar-refractivity contribution in [1.82, 2.24) is 15.1 Å². The van der Waals surface area contributed by atoms with Crippen molar-refractivity contribution in [2.75, 3.05) is 13.6 Å². The Kier molecular flexibility index (Phi) is 4.21. The first kappa shape index (κ1) is 12.6. The third-order valence-corrected chi connectivity index (χ3v) is 4.30. The summed E-state index contributed by atoms with van der Waals surface area (Å²) >= 11 is 0. The summed E-state index contributed by atoms with van der Waals surface area (Å²) in [5.74, 6) is 2.40. The summed E-state index contributed by atoms with van der Waals surface area (Å²) in [6, 6.07) is 0. The summed E-state index contributed by atoms with van der Waals surface area (Å²) < 4.78 is 1.93. The van der Waals surface area contributed by atoms with Gasteiger partial charge in [0.15, 0.2) is 0 Å². The maximum absolute atomic E-state index is 4.33. The van der Waals surface area contributed by atoms with Crippen LogP contribution in [0.3, 0.4) is 0 Å². The van der Waals surface area contributed by atoms with Crippen molar-refractivity contribution in [3.05, 3.63) is 18.0 Å². The fourth-order valence-electron chi connectivity index (χ4n) is 3.24. The summed E-state index contributed by atoms with van der Waals surface area (Å²) in [6.07, 6.45) is 9.69. The van der Waals surface area contributed by atoms with Gasteiger partial charge in [-0.1, -0.05) is 19.8 Å². The number of nitrogens with one attached hydrogen (secondary N) is 1. The van der Waals surface area contributed by atoms with Crippen LogP contribution in [0.25, 0.3) is 0 Å². The molecule has 3 unspecified atom stereocenters. The molecule has 1 fully saturated rings. The maximum atomic E-state index is 4.33. The zero-order valence-electron chi connectivity index (χ0n) is 11.3. The molecule has 0 aliphatic heterocycles. The molecule has 0 aromatic carbocycles. The lowest BCUT2D eigenvalue weighted by Gasteiger charge is -2.35. The summed E-state index contributed by atoms with van der Waals surface area (Å²) in [7, 11) is 4.07. The van der Waals surface area contributed by atoms with Gasteiger partial charge in [0, 0.05) is 13.2 Å². The minimum absolute atomic E-state index is 0.704. The Morgan fingerprint density at radius 1 is 1.47 bits per heavy atom. The molecular formula is C14H25N3. The number of aryl methyl sites for hydroxylation is 1. The third-order valence-electron chi connectivity index (χ3n) is 4.30. The average molecular weight is 235 g/mol. The van der Waals surface area contributed by atoms with E-state index in [2.05, 4.69) is 36.8 Å². The Balaban J connectivity index is 2.12. The molecule has 1 aliphatic carbocycles. The fraction of sp³-hybridized carbons (Fsp3) is 0.786. The van der Waals surface area contributed by atoms with E-state index in [1.54, 1.807) is 0 Å². The molecule has 96 valence electrons. The second-order valence-electron chi connectivity index (χ2n) is 5.46. The van der Waals surface area contributed by atoms with Gasteiger partial charge < -0.3 is 5.32 Å². The van der Waals surface area contributed by atoms with E-state index < -0.39 is 0 Å². The average Bonchev–Trinajstić information content (AvgIpc) is 2.77. The number of hydrogen-bond donors (Lipinski definition) is 1. The third kappa shape index (κ3) is 2.89. The lowest BCUT2D eigenvalue weighted by molar-refractivity contribution is 0.228. The Morgan fingerprint density at radius 3 is 2.88 bits per heavy atom. The molecule has 0 amide bonds. The van der Waals surface area contributed by atoms with Crippen molar-refractivity contribution in [3.8, 4) is 0 Å². The van der Waals surface area contributed by atoms with Gasteiger partial charge in [0.1, 0.15) is 0 Å². The molecular weight excluding hydrogens is 210 g/mol. The molecule has 1 heterocycles. The minimum Gasteiger partial charge on any atom is -0.319 e. The Bertz CT molecular complexity index is 345. The van der Waals surface area contributed by atoms with E-state index in [4.69, 9.17) is 0 Å². The Labute approximate surface area is 105 Å². The highest BCUT2D eigenvalue weighted by Gasteiger charge is 2.30. The maximum Gasteiger partial charge on any atom is 0.0524 e. The number of rotatable bonds is 4. The Hall–Kier alpha value is -0.830. The van der Waals surface area contributed by atoms with Gasteiger partial charge in [-0.15, -0.1) is 0 Å². The van der Waals surface area contributed by atoms with Gasteiger partial charge in [0.2, 0.25) is 0 Å². The first-order chi connectivity index (χ1) is 8.24. The lowest BCUT2D eigenvalue weighted by Crippen LogP contribution is -2.30. The molecule has 17 heavy (non-hydrogen) atoms. The first-order valence-corrected chi connectivity index (χ1v) is 6.87. The Morgan fingerprint density at radius 2 is 2.29 bits per heavy atom. The van der Waals surface area contributed by atoms with Crippen LogP contribution >= 0.6 is 0 Å². The van der Waals surface area contributed by atoms with Gasteiger partial charge >= 0.3 is 0 Å². The molecule has 0 saturated heterocycles. The zero-order chi connectivity index (χ0) is 12.3. The van der Waals surface area contributed by atoms with Crippen LogP contribution in [-0.4, -0.2) is 23.4 Å². The largest absolute Gasteiger partial charge is 0.319 e. The standard InChI is InChI=1S/C14H25N3/c1-4-11-5-6-12(8-15-2)14(7-11)13-9-16-17(3)10-13/h9-12,14-15H,4-8H2,1-3H3. The summed E-state index contributed by atoms with van der Waals surface area (Å²) in [6.45, 7) is 3.46. The van der Waals surface area contributed by atoms with E-state index in [1.165, 1.54) is 31.2 Å². The van der Waals surface area contributed by atoms with Crippen LogP contribution in [-0.2, 0) is 7.05 Å². The summed E-state index contributed by atoms with van der Waals surface area (Å²) in [5, 5.41) is 7.68. The predicted molar refractivity (Wildman–Crippen MR) is 71.0 cm³/mol. The minimum atomic E-state index is 0.704. The highest BCUT2D eigenvalue weighted by atomic mass is 15.2. The van der Waals surface area contributed by atoms with Crippen LogP contribution in [0.4, 0.5) is 0 Å². The molecule has 2 rings (SSSR count). The van der Waals surface area contributed by atoms with Crippen LogP contribution in [0, 0.1) is 11.8 Å². The molecule has 1 saturated carbocycles. The monoisotopic (exact) mass is 235 g/mol. The van der Waals surface area contributed by atoms with Crippen LogP contribution in [0.2, 0.25) is 0 Å². The number of nitrogens with zero attached hydrogens (tertiary/aromatic N) is 2. The summed E-state index contributed by atoms with van der Waals surface area (Å²) in [4.78, 5) is 0. The second kappa shape index (κ2) is 5.67. The van der Waals surface area contributed by atoms with Crippen molar-refractivity contribution in [2.24, 2.45) is 18.9 Å². The molecule has 0 radical (unpaired) electrons. The van der Waals surface area contributed by atoms with Crippen LogP contribution in [0.5, 0.6) is 0 Å². The van der Waals surface area contributed by atoms with Crippen molar-refractivity contribution in [1.29, 1.82) is 0 Å². The molecule has 3 atom stereocenters. The van der Waals surface area contributed by atoms with Gasteiger partial charge in [-0.25, -0.2) is 0 Å². The van der Waals surface area contributed by atoms with E-state index in [0.29, 0.717) is 5.92 Å². The molecule has 1 aliphatic rings. The van der Waals surface area contributed by atoms with Crippen LogP contribution < -0.4 is 5.32 Å². The van der Waals surface area contributed by atoms with Crippen LogP contribution in [0.1, 0.15) is 44.1 Å². The highest BCUT2D eigenvalue weighted by Crippen LogP contribution is 2.41.